The van der Waals surface area contributed by atoms with Gasteiger partial charge in [0.05, 0.1) is 10.4 Å². The van der Waals surface area contributed by atoms with E-state index in [1.165, 1.54) is 4.70 Å². The molecule has 0 bridgehead atoms. The summed E-state index contributed by atoms with van der Waals surface area (Å²) < 4.78 is 2.25. The summed E-state index contributed by atoms with van der Waals surface area (Å²) in [7, 11) is 0. The Kier molecular flexibility index (Phi) is 1.64. The Balaban J connectivity index is 2.61. The highest BCUT2D eigenvalue weighted by Gasteiger charge is 2.07. The number of thiophene rings is 1. The number of anilines is 1. The summed E-state index contributed by atoms with van der Waals surface area (Å²) in [6, 6.07) is 11.5. The normalized spacial score (nSPS) is 11.2. The van der Waals surface area contributed by atoms with Crippen LogP contribution in [0, 0.1) is 0 Å². The van der Waals surface area contributed by atoms with Gasteiger partial charge in [-0.25, -0.2) is 0 Å². The van der Waals surface area contributed by atoms with Crippen LogP contribution in [0.4, 0.5) is 5.69 Å². The number of phenolic OH excluding ortho intramolecular Hbond substituents is 1. The molecule has 3 rings (SSSR count). The molecule has 0 fully saturated rings. The molecule has 0 aliphatic heterocycles. The fourth-order valence-corrected chi connectivity index (χ4v) is 2.95. The second-order valence-corrected chi connectivity index (χ2v) is 4.56. The maximum atomic E-state index is 9.51. The molecule has 0 aliphatic carbocycles. The van der Waals surface area contributed by atoms with E-state index in [2.05, 4.69) is 6.07 Å². The lowest BCUT2D eigenvalue weighted by Gasteiger charge is -1.97. The predicted molar refractivity (Wildman–Crippen MR) is 65.4 cm³/mol. The highest BCUT2D eigenvalue weighted by atomic mass is 32.1. The standard InChI is InChI=1S/C12H9NOS/c13-10-6-7(14)5-9-8-3-1-2-4-11(8)15-12(9)10/h1-6,14H,13H2. The van der Waals surface area contributed by atoms with Crippen LogP contribution in [0.15, 0.2) is 36.4 Å². The van der Waals surface area contributed by atoms with E-state index < -0.39 is 0 Å². The van der Waals surface area contributed by atoms with Crippen LogP contribution in [0.3, 0.4) is 0 Å². The molecule has 0 atom stereocenters. The summed E-state index contributed by atoms with van der Waals surface area (Å²) in [6.45, 7) is 0. The molecule has 0 radical (unpaired) electrons. The van der Waals surface area contributed by atoms with E-state index in [1.807, 2.05) is 18.2 Å². The molecule has 0 unspecified atom stereocenters. The Hall–Kier alpha value is -1.74. The molecule has 3 N–H and O–H groups in total. The number of phenols is 1. The first kappa shape index (κ1) is 8.56. The molecular formula is C12H9NOS. The molecule has 3 heteroatoms. The number of hydrogen-bond donors (Lipinski definition) is 2. The van der Waals surface area contributed by atoms with Crippen LogP contribution in [0.2, 0.25) is 0 Å². The minimum atomic E-state index is 0.226. The van der Waals surface area contributed by atoms with Crippen molar-refractivity contribution in [2.24, 2.45) is 0 Å². The summed E-state index contributed by atoms with van der Waals surface area (Å²) in [5, 5.41) is 11.7. The van der Waals surface area contributed by atoms with Crippen LogP contribution >= 0.6 is 11.3 Å². The van der Waals surface area contributed by atoms with Gasteiger partial charge in [0, 0.05) is 21.5 Å². The molecule has 3 aromatic rings. The molecule has 2 aromatic carbocycles. The Bertz CT molecular complexity index is 657. The van der Waals surface area contributed by atoms with Gasteiger partial charge in [0.25, 0.3) is 0 Å². The van der Waals surface area contributed by atoms with Crippen molar-refractivity contribution < 1.29 is 5.11 Å². The van der Waals surface area contributed by atoms with E-state index in [9.17, 15) is 5.11 Å². The molecule has 1 aromatic heterocycles. The molecule has 0 amide bonds. The van der Waals surface area contributed by atoms with E-state index in [1.54, 1.807) is 23.5 Å². The molecule has 1 heterocycles. The zero-order valence-corrected chi connectivity index (χ0v) is 8.71. The van der Waals surface area contributed by atoms with Crippen molar-refractivity contribution in [3.63, 3.8) is 0 Å². The first-order chi connectivity index (χ1) is 7.25. The van der Waals surface area contributed by atoms with Crippen molar-refractivity contribution in [1.82, 2.24) is 0 Å². The van der Waals surface area contributed by atoms with Crippen LogP contribution in [-0.2, 0) is 0 Å². The van der Waals surface area contributed by atoms with Crippen LogP contribution in [0.1, 0.15) is 0 Å². The quantitative estimate of drug-likeness (QED) is 0.565. The lowest BCUT2D eigenvalue weighted by Crippen LogP contribution is -1.83. The number of nitrogens with two attached hydrogens (primary N) is 1. The van der Waals surface area contributed by atoms with Crippen molar-refractivity contribution in [1.29, 1.82) is 0 Å². The maximum Gasteiger partial charge on any atom is 0.118 e. The van der Waals surface area contributed by atoms with Crippen molar-refractivity contribution in [3.8, 4) is 5.75 Å². The van der Waals surface area contributed by atoms with Gasteiger partial charge in [-0.15, -0.1) is 11.3 Å². The molecule has 2 nitrogen and oxygen atoms in total. The first-order valence-electron chi connectivity index (χ1n) is 4.65. The van der Waals surface area contributed by atoms with Gasteiger partial charge in [0.2, 0.25) is 0 Å². The predicted octanol–water partition coefficient (Wildman–Crippen LogP) is 3.34. The molecule has 0 saturated carbocycles. The van der Waals surface area contributed by atoms with E-state index in [4.69, 9.17) is 5.73 Å². The van der Waals surface area contributed by atoms with Gasteiger partial charge in [-0.3, -0.25) is 0 Å². The van der Waals surface area contributed by atoms with Crippen LogP contribution in [0.5, 0.6) is 5.75 Å². The fraction of sp³-hybridized carbons (Fsp3) is 0. The fourth-order valence-electron chi connectivity index (χ4n) is 1.84. The minimum absolute atomic E-state index is 0.226. The number of benzene rings is 2. The third-order valence-electron chi connectivity index (χ3n) is 2.49. The van der Waals surface area contributed by atoms with Gasteiger partial charge < -0.3 is 10.8 Å². The van der Waals surface area contributed by atoms with Gasteiger partial charge in [0.1, 0.15) is 5.75 Å². The van der Waals surface area contributed by atoms with E-state index in [0.717, 1.165) is 15.5 Å². The number of rotatable bonds is 0. The topological polar surface area (TPSA) is 46.2 Å². The number of nitrogen functional groups attached to an aromatic ring is 1. The van der Waals surface area contributed by atoms with Gasteiger partial charge in [-0.2, -0.15) is 0 Å². The average molecular weight is 215 g/mol. The Labute approximate surface area is 90.6 Å². The highest BCUT2D eigenvalue weighted by molar-refractivity contribution is 7.26. The lowest BCUT2D eigenvalue weighted by atomic mass is 10.1. The second kappa shape index (κ2) is 2.87. The number of hydrogen-bond acceptors (Lipinski definition) is 3. The first-order valence-corrected chi connectivity index (χ1v) is 5.47. The Morgan fingerprint density at radius 3 is 2.73 bits per heavy atom. The molecule has 0 spiro atoms. The van der Waals surface area contributed by atoms with Gasteiger partial charge in [-0.05, 0) is 12.1 Å². The van der Waals surface area contributed by atoms with Crippen molar-refractivity contribution in [3.05, 3.63) is 36.4 Å². The highest BCUT2D eigenvalue weighted by Crippen LogP contribution is 2.38. The van der Waals surface area contributed by atoms with Gasteiger partial charge in [0.15, 0.2) is 0 Å². The summed E-state index contributed by atoms with van der Waals surface area (Å²) >= 11 is 1.66. The van der Waals surface area contributed by atoms with Crippen LogP contribution in [0.25, 0.3) is 20.2 Å². The van der Waals surface area contributed by atoms with Gasteiger partial charge in [-0.1, -0.05) is 18.2 Å². The Morgan fingerprint density at radius 2 is 1.87 bits per heavy atom. The average Bonchev–Trinajstić information content (AvgIpc) is 2.57. The molecule has 15 heavy (non-hydrogen) atoms. The zero-order valence-electron chi connectivity index (χ0n) is 7.90. The third kappa shape index (κ3) is 1.17. The van der Waals surface area contributed by atoms with E-state index in [-0.39, 0.29) is 5.75 Å². The maximum absolute atomic E-state index is 9.51. The van der Waals surface area contributed by atoms with Crippen molar-refractivity contribution in [2.75, 3.05) is 5.73 Å². The van der Waals surface area contributed by atoms with Crippen LogP contribution < -0.4 is 5.73 Å². The third-order valence-corrected chi connectivity index (χ3v) is 3.73. The summed E-state index contributed by atoms with van der Waals surface area (Å²) in [6.07, 6.45) is 0. The number of aromatic hydroxyl groups is 1. The molecule has 0 saturated heterocycles. The van der Waals surface area contributed by atoms with E-state index >= 15 is 0 Å². The van der Waals surface area contributed by atoms with Crippen molar-refractivity contribution in [2.45, 2.75) is 0 Å². The Morgan fingerprint density at radius 1 is 1.07 bits per heavy atom. The van der Waals surface area contributed by atoms with Crippen molar-refractivity contribution >= 4 is 37.2 Å². The largest absolute Gasteiger partial charge is 0.508 e. The monoisotopic (exact) mass is 215 g/mol. The smallest absolute Gasteiger partial charge is 0.118 e. The minimum Gasteiger partial charge on any atom is -0.508 e. The summed E-state index contributed by atoms with van der Waals surface area (Å²) in [5.74, 6) is 0.226. The summed E-state index contributed by atoms with van der Waals surface area (Å²) in [5.41, 5.74) is 6.52. The lowest BCUT2D eigenvalue weighted by molar-refractivity contribution is 0.476. The summed E-state index contributed by atoms with van der Waals surface area (Å²) in [4.78, 5) is 0. The molecular weight excluding hydrogens is 206 g/mol. The molecule has 0 aliphatic rings. The van der Waals surface area contributed by atoms with E-state index in [0.29, 0.717) is 5.69 Å². The van der Waals surface area contributed by atoms with Crippen LogP contribution in [-0.4, -0.2) is 5.11 Å². The van der Waals surface area contributed by atoms with Gasteiger partial charge >= 0.3 is 0 Å². The molecule has 74 valence electrons. The second-order valence-electron chi connectivity index (χ2n) is 3.51. The number of fused-ring (bicyclic) bond motifs is 3. The zero-order chi connectivity index (χ0) is 10.4. The SMILES string of the molecule is Nc1cc(O)cc2c1sc1ccccc12.